The Bertz CT molecular complexity index is 2770. The molecular formula is C49H53F4N9O5. The number of piperidine rings is 3. The highest BCUT2D eigenvalue weighted by Gasteiger charge is 2.39. The van der Waals surface area contributed by atoms with E-state index in [0.29, 0.717) is 68.4 Å². The van der Waals surface area contributed by atoms with Gasteiger partial charge in [0.25, 0.3) is 5.91 Å². The third-order valence-electron chi connectivity index (χ3n) is 13.9. The van der Waals surface area contributed by atoms with E-state index < -0.39 is 41.1 Å². The molecule has 5 aromatic rings. The number of halogens is 4. The van der Waals surface area contributed by atoms with Gasteiger partial charge in [-0.1, -0.05) is 6.08 Å². The monoisotopic (exact) mass is 923 g/mol. The number of benzene rings is 3. The van der Waals surface area contributed by atoms with Crippen LogP contribution in [0.1, 0.15) is 67.4 Å². The Kier molecular flexibility index (Phi) is 12.5. The van der Waals surface area contributed by atoms with Crippen LogP contribution in [0.3, 0.4) is 0 Å². The first kappa shape index (κ1) is 45.3. The minimum atomic E-state index is -0.714. The van der Waals surface area contributed by atoms with Crippen molar-refractivity contribution in [2.75, 3.05) is 75.6 Å². The maximum atomic E-state index is 16.7. The fourth-order valence-electron chi connectivity index (χ4n) is 10.0. The van der Waals surface area contributed by atoms with Gasteiger partial charge in [0.15, 0.2) is 5.82 Å². The number of nitrogens with one attached hydrogen (secondary N) is 3. The average molecular weight is 924 g/mol. The van der Waals surface area contributed by atoms with E-state index in [9.17, 15) is 19.2 Å². The summed E-state index contributed by atoms with van der Waals surface area (Å²) in [7, 11) is 4.60. The first-order valence-corrected chi connectivity index (χ1v) is 22.7. The molecule has 0 aliphatic carbocycles. The summed E-state index contributed by atoms with van der Waals surface area (Å²) in [6.45, 7) is 3.04. The summed E-state index contributed by atoms with van der Waals surface area (Å²) in [4.78, 5) is 60.1. The van der Waals surface area contributed by atoms with Crippen LogP contribution in [0.5, 0.6) is 5.75 Å². The zero-order valence-corrected chi connectivity index (χ0v) is 37.7. The van der Waals surface area contributed by atoms with Crippen molar-refractivity contribution in [1.82, 2.24) is 29.9 Å². The van der Waals surface area contributed by atoms with Crippen LogP contribution in [0.2, 0.25) is 0 Å². The van der Waals surface area contributed by atoms with Gasteiger partial charge in [0.2, 0.25) is 17.7 Å². The zero-order valence-electron chi connectivity index (χ0n) is 37.7. The number of fused-ring (bicyclic) bond motifs is 1. The molecule has 3 aromatic carbocycles. The Hall–Kier alpha value is -6.85. The first-order chi connectivity index (χ1) is 32.2. The summed E-state index contributed by atoms with van der Waals surface area (Å²) >= 11 is 0. The molecule has 3 fully saturated rings. The number of nitrogens with zero attached hydrogens (tertiary/aromatic N) is 6. The van der Waals surface area contributed by atoms with Crippen molar-refractivity contribution >= 4 is 57.2 Å². The molecule has 1 spiro atoms. The predicted molar refractivity (Wildman–Crippen MR) is 246 cm³/mol. The van der Waals surface area contributed by atoms with Gasteiger partial charge < -0.3 is 34.6 Å². The Morgan fingerprint density at radius 2 is 1.58 bits per heavy atom. The van der Waals surface area contributed by atoms with Crippen LogP contribution < -0.4 is 25.2 Å². The number of hydrogen-bond donors (Lipinski definition) is 3. The summed E-state index contributed by atoms with van der Waals surface area (Å²) in [5.41, 5.74) is 1.53. The number of methoxy groups -OCH3 is 1. The lowest BCUT2D eigenvalue weighted by molar-refractivity contribution is -0.134. The summed E-state index contributed by atoms with van der Waals surface area (Å²) in [6, 6.07) is 9.29. The number of imide groups is 1. The fraction of sp³-hybridized carbons (Fsp3) is 0.408. The number of aromatic nitrogens is 3. The molecule has 4 aliphatic rings. The number of amides is 4. The molecule has 9 rings (SSSR count). The van der Waals surface area contributed by atoms with Crippen molar-refractivity contribution in [3.05, 3.63) is 95.5 Å². The quantitative estimate of drug-likeness (QED) is 0.0932. The van der Waals surface area contributed by atoms with Gasteiger partial charge in [-0.25, -0.2) is 17.6 Å². The highest BCUT2D eigenvalue weighted by atomic mass is 19.1. The number of carbonyl (C=O) groups is 4. The van der Waals surface area contributed by atoms with Crippen molar-refractivity contribution in [3.8, 4) is 16.9 Å². The van der Waals surface area contributed by atoms with Crippen LogP contribution in [0.15, 0.2) is 60.9 Å². The molecule has 18 heteroatoms. The van der Waals surface area contributed by atoms with Gasteiger partial charge >= 0.3 is 0 Å². The van der Waals surface area contributed by atoms with Gasteiger partial charge in [-0.05, 0) is 79.3 Å². The number of aromatic amines is 1. The number of carbonyl (C=O) groups excluding carboxylic acids is 4. The minimum absolute atomic E-state index is 0.0299. The number of ether oxygens (including phenoxy) is 1. The highest BCUT2D eigenvalue weighted by molar-refractivity contribution is 6.05. The Balaban J connectivity index is 0.911. The number of hydrogen-bond acceptors (Lipinski definition) is 9. The second-order valence-electron chi connectivity index (χ2n) is 18.2. The van der Waals surface area contributed by atoms with E-state index in [-0.39, 0.29) is 82.0 Å². The SMILES string of the molecule is COc1cc(N2CCC3(CCN(c4cc(F)c(-c5cc(C6=CCCN(C(=O)CCn7cccn7)C6)c(F)c6[nH]c(C(=O)N(C)C)cc56)cc4F)CC3)CC2)c(F)cc1NC1CCC(=O)NC1=O. The molecule has 1 unspecified atom stereocenters. The van der Waals surface area contributed by atoms with Gasteiger partial charge in [0.05, 0.1) is 29.7 Å². The van der Waals surface area contributed by atoms with Crippen molar-refractivity contribution in [3.63, 3.8) is 0 Å². The molecule has 6 heterocycles. The Morgan fingerprint density at radius 3 is 2.24 bits per heavy atom. The van der Waals surface area contributed by atoms with Crippen LogP contribution in [0.4, 0.5) is 34.6 Å². The molecular weight excluding hydrogens is 871 g/mol. The molecule has 3 saturated heterocycles. The van der Waals surface area contributed by atoms with Gasteiger partial charge in [-0.3, -0.25) is 29.2 Å². The normalized spacial score (nSPS) is 18.6. The lowest BCUT2D eigenvalue weighted by Gasteiger charge is -2.48. The summed E-state index contributed by atoms with van der Waals surface area (Å²) in [5, 5.41) is 9.70. The molecule has 4 aliphatic heterocycles. The Morgan fingerprint density at radius 1 is 0.881 bits per heavy atom. The second kappa shape index (κ2) is 18.4. The van der Waals surface area contributed by atoms with Crippen molar-refractivity contribution in [1.29, 1.82) is 0 Å². The summed E-state index contributed by atoms with van der Waals surface area (Å²) in [5.74, 6) is -3.49. The van der Waals surface area contributed by atoms with E-state index in [1.165, 1.54) is 36.3 Å². The largest absolute Gasteiger partial charge is 0.495 e. The predicted octanol–water partition coefficient (Wildman–Crippen LogP) is 7.11. The molecule has 4 amide bonds. The first-order valence-electron chi connectivity index (χ1n) is 22.7. The summed E-state index contributed by atoms with van der Waals surface area (Å²) in [6.07, 6.45) is 9.35. The maximum absolute atomic E-state index is 16.7. The topological polar surface area (TPSA) is 148 Å². The smallest absolute Gasteiger partial charge is 0.269 e. The fourth-order valence-corrected chi connectivity index (χ4v) is 10.0. The average Bonchev–Trinajstić information content (AvgIpc) is 4.02. The summed E-state index contributed by atoms with van der Waals surface area (Å²) < 4.78 is 72.7. The van der Waals surface area contributed by atoms with E-state index in [1.54, 1.807) is 48.2 Å². The van der Waals surface area contributed by atoms with Crippen LogP contribution in [0, 0.1) is 28.7 Å². The lowest BCUT2D eigenvalue weighted by atomic mass is 9.71. The Labute approximate surface area is 384 Å². The minimum Gasteiger partial charge on any atom is -0.495 e. The number of H-pyrrole nitrogens is 1. The van der Waals surface area contributed by atoms with Gasteiger partial charge in [-0.2, -0.15) is 5.10 Å². The maximum Gasteiger partial charge on any atom is 0.269 e. The molecule has 14 nitrogen and oxygen atoms in total. The standard InChI is InChI=1S/C49H53F4N9O5/c1-58(2)48(66)39-24-33-31(22-30(45(53)46(33)56-39)29-6-4-15-61(28-29)44(64)9-17-62-16-5-14-54-62)32-23-35(51)40(26-34(32)50)59-18-10-49(11-19-59)12-20-60(21-13-49)41-27-42(67-3)38(25-36(41)52)55-37-7-8-43(63)57-47(37)65/h5-6,14,16,22-27,37,55-56H,4,7-13,15,17-21,28H2,1-3H3,(H,57,63,65). The lowest BCUT2D eigenvalue weighted by Crippen LogP contribution is -2.47. The van der Waals surface area contributed by atoms with E-state index in [1.807, 2.05) is 15.9 Å². The third-order valence-corrected chi connectivity index (χ3v) is 13.9. The molecule has 1 atom stereocenters. The highest BCUT2D eigenvalue weighted by Crippen LogP contribution is 2.46. The van der Waals surface area contributed by atoms with Crippen molar-refractivity contribution in [2.45, 2.75) is 64.0 Å². The third kappa shape index (κ3) is 9.04. The van der Waals surface area contributed by atoms with Crippen molar-refractivity contribution in [2.24, 2.45) is 5.41 Å². The molecule has 3 N–H and O–H groups in total. The van der Waals surface area contributed by atoms with Gasteiger partial charge in [0.1, 0.15) is 34.9 Å². The molecule has 352 valence electrons. The molecule has 2 aromatic heterocycles. The number of aryl methyl sites for hydroxylation is 1. The van der Waals surface area contributed by atoms with Crippen molar-refractivity contribution < 1.29 is 41.5 Å². The molecule has 0 saturated carbocycles. The molecule has 0 bridgehead atoms. The van der Waals surface area contributed by atoms with E-state index in [0.717, 1.165) is 31.7 Å². The van der Waals surface area contributed by atoms with Crippen LogP contribution in [-0.4, -0.2) is 115 Å². The van der Waals surface area contributed by atoms with E-state index in [2.05, 4.69) is 20.7 Å². The second-order valence-corrected chi connectivity index (χ2v) is 18.2. The van der Waals surface area contributed by atoms with Gasteiger partial charge in [0, 0.05) is 120 Å². The number of rotatable bonds is 11. The van der Waals surface area contributed by atoms with Crippen LogP contribution in [-0.2, 0) is 20.9 Å². The van der Waals surface area contributed by atoms with Crippen LogP contribution in [0.25, 0.3) is 27.6 Å². The molecule has 0 radical (unpaired) electrons. The van der Waals surface area contributed by atoms with Crippen LogP contribution >= 0.6 is 0 Å². The number of anilines is 3. The van der Waals surface area contributed by atoms with Gasteiger partial charge in [-0.15, -0.1) is 0 Å². The molecule has 67 heavy (non-hydrogen) atoms. The zero-order chi connectivity index (χ0) is 47.1. The van der Waals surface area contributed by atoms with E-state index >= 15 is 17.6 Å². The van der Waals surface area contributed by atoms with E-state index in [4.69, 9.17) is 4.74 Å².